The SMILES string of the molecule is COc1cc2c(Oc3ccc(NC(=O)Nc4ccc(F)cc4F)c(Cl)c3)ccnc2cc1O.COc1cc2c(Oc3ccc(NC(=O)Nc4ccc(F)cc4F)c(Cl)c3)ccnc2cc1OCCn1ccnn1. The summed E-state index contributed by atoms with van der Waals surface area (Å²) >= 11 is 12.6. The highest BCUT2D eigenvalue weighted by molar-refractivity contribution is 6.34. The number of hydrogen-bond acceptors (Lipinski definition) is 12. The van der Waals surface area contributed by atoms with E-state index in [1.54, 1.807) is 65.7 Å². The molecule has 5 N–H and O–H groups in total. The summed E-state index contributed by atoms with van der Waals surface area (Å²) in [4.78, 5) is 33.1. The van der Waals surface area contributed by atoms with Gasteiger partial charge in [-0.25, -0.2) is 31.8 Å². The van der Waals surface area contributed by atoms with Gasteiger partial charge in [-0.05, 0) is 72.8 Å². The third kappa shape index (κ3) is 12.6. The Morgan fingerprint density at radius 3 is 1.55 bits per heavy atom. The number of phenols is 1. The van der Waals surface area contributed by atoms with Gasteiger partial charge in [-0.15, -0.1) is 5.10 Å². The number of hydrogen-bond donors (Lipinski definition) is 5. The molecular weight excluding hydrogens is 1000 g/mol. The van der Waals surface area contributed by atoms with Gasteiger partial charge in [0.05, 0.1) is 70.8 Å². The Kier molecular flexibility index (Phi) is 15.7. The number of nitrogens with one attached hydrogen (secondary N) is 4. The maximum atomic E-state index is 13.8. The van der Waals surface area contributed by atoms with Gasteiger partial charge < -0.3 is 50.1 Å². The van der Waals surface area contributed by atoms with Crippen LogP contribution in [0.5, 0.6) is 46.0 Å². The molecule has 0 bridgehead atoms. The summed E-state index contributed by atoms with van der Waals surface area (Å²) in [7, 11) is 2.97. The molecule has 0 spiro atoms. The summed E-state index contributed by atoms with van der Waals surface area (Å²) in [5, 5.41) is 28.8. The molecule has 6 aromatic carbocycles. The highest BCUT2D eigenvalue weighted by Gasteiger charge is 2.17. The van der Waals surface area contributed by atoms with Crippen LogP contribution in [0.1, 0.15) is 0 Å². The zero-order chi connectivity index (χ0) is 51.6. The van der Waals surface area contributed by atoms with Crippen LogP contribution in [0.25, 0.3) is 21.8 Å². The summed E-state index contributed by atoms with van der Waals surface area (Å²) in [5.74, 6) is -0.416. The maximum Gasteiger partial charge on any atom is 0.323 e. The molecule has 3 aromatic heterocycles. The third-order valence-corrected chi connectivity index (χ3v) is 10.9. The number of ether oxygens (including phenoxy) is 5. The number of amides is 4. The number of urea groups is 2. The van der Waals surface area contributed by atoms with E-state index in [-0.39, 0.29) is 44.3 Å². The molecule has 73 heavy (non-hydrogen) atoms. The zero-order valence-electron chi connectivity index (χ0n) is 37.9. The first-order chi connectivity index (χ1) is 35.2. The molecule has 0 saturated carbocycles. The monoisotopic (exact) mass is 1040 g/mol. The molecular formula is C50H37Cl2F4N9O8. The van der Waals surface area contributed by atoms with Crippen LogP contribution in [-0.4, -0.2) is 63.0 Å². The normalized spacial score (nSPS) is 10.7. The molecule has 3 heterocycles. The molecule has 17 nitrogen and oxygen atoms in total. The second-order valence-corrected chi connectivity index (χ2v) is 15.9. The summed E-state index contributed by atoms with van der Waals surface area (Å²) in [6, 6.07) is 23.2. The largest absolute Gasteiger partial charge is 0.504 e. The molecule has 0 aliphatic carbocycles. The second kappa shape index (κ2) is 22.8. The second-order valence-electron chi connectivity index (χ2n) is 15.1. The number of phenolic OH excluding ortho intramolecular Hbond substituents is 1. The van der Waals surface area contributed by atoms with E-state index in [2.05, 4.69) is 41.5 Å². The molecule has 4 amide bonds. The Labute approximate surface area is 421 Å². The first-order valence-electron chi connectivity index (χ1n) is 21.3. The standard InChI is InChI=1S/C27H21ClF2N6O4.C23H16ClF2N3O4/c1-38-25-14-18-23(15-26(25)39-11-10-36-9-8-32-35-36)31-7-6-24(18)40-17-3-5-21(19(28)13-17)33-27(37)34-22-4-2-16(29)12-20(22)30;1-32-22-10-14-19(11-20(22)30)27-7-6-21(14)33-13-3-5-17(15(24)9-13)28-23(31)29-18-4-2-12(25)8-16(18)26/h2-9,12-15H,10-11H2,1H3,(H2,33,34,37);2-11,30H,1H3,(H2,28,29,31). The van der Waals surface area contributed by atoms with Crippen molar-refractivity contribution in [3.63, 3.8) is 0 Å². The van der Waals surface area contributed by atoms with Crippen molar-refractivity contribution >= 4 is 79.8 Å². The van der Waals surface area contributed by atoms with Crippen LogP contribution in [0.15, 0.2) is 134 Å². The third-order valence-electron chi connectivity index (χ3n) is 10.2. The van der Waals surface area contributed by atoms with Crippen molar-refractivity contribution in [2.24, 2.45) is 0 Å². The van der Waals surface area contributed by atoms with Gasteiger partial charge >= 0.3 is 12.1 Å². The van der Waals surface area contributed by atoms with E-state index < -0.39 is 35.3 Å². The molecule has 9 rings (SSSR count). The van der Waals surface area contributed by atoms with Crippen molar-refractivity contribution < 1.29 is 55.9 Å². The Hall–Kier alpha value is -9.08. The molecule has 372 valence electrons. The predicted molar refractivity (Wildman–Crippen MR) is 265 cm³/mol. The number of nitrogens with zero attached hydrogens (tertiary/aromatic N) is 5. The van der Waals surface area contributed by atoms with Gasteiger partial charge in [-0.3, -0.25) is 9.97 Å². The van der Waals surface area contributed by atoms with Gasteiger partial charge in [0.25, 0.3) is 0 Å². The molecule has 0 aliphatic rings. The van der Waals surface area contributed by atoms with E-state index in [1.165, 1.54) is 50.7 Å². The van der Waals surface area contributed by atoms with Crippen molar-refractivity contribution in [2.75, 3.05) is 42.1 Å². The molecule has 23 heteroatoms. The van der Waals surface area contributed by atoms with E-state index in [0.717, 1.165) is 24.3 Å². The number of benzene rings is 6. The Morgan fingerprint density at radius 2 is 1.07 bits per heavy atom. The lowest BCUT2D eigenvalue weighted by Crippen LogP contribution is -2.20. The highest BCUT2D eigenvalue weighted by atomic mass is 35.5. The lowest BCUT2D eigenvalue weighted by atomic mass is 10.1. The van der Waals surface area contributed by atoms with Crippen molar-refractivity contribution in [3.8, 4) is 46.0 Å². The first-order valence-corrected chi connectivity index (χ1v) is 22.1. The van der Waals surface area contributed by atoms with Gasteiger partial charge in [0.15, 0.2) is 23.0 Å². The van der Waals surface area contributed by atoms with Crippen molar-refractivity contribution in [2.45, 2.75) is 6.54 Å². The van der Waals surface area contributed by atoms with Gasteiger partial charge in [0, 0.05) is 65.8 Å². The molecule has 0 aliphatic heterocycles. The van der Waals surface area contributed by atoms with Crippen LogP contribution in [0.2, 0.25) is 10.0 Å². The lowest BCUT2D eigenvalue weighted by molar-refractivity contribution is 0.261. The molecule has 0 saturated heterocycles. The number of halogens is 6. The highest BCUT2D eigenvalue weighted by Crippen LogP contribution is 2.40. The fourth-order valence-electron chi connectivity index (χ4n) is 6.79. The minimum Gasteiger partial charge on any atom is -0.504 e. The molecule has 0 unspecified atom stereocenters. The maximum absolute atomic E-state index is 13.8. The van der Waals surface area contributed by atoms with Crippen LogP contribution < -0.4 is 45.0 Å². The van der Waals surface area contributed by atoms with Crippen molar-refractivity contribution in [1.29, 1.82) is 0 Å². The summed E-state index contributed by atoms with van der Waals surface area (Å²) in [6.45, 7) is 0.853. The summed E-state index contributed by atoms with van der Waals surface area (Å²) < 4.78 is 83.8. The number of aromatic hydroxyl groups is 1. The van der Waals surface area contributed by atoms with Crippen LogP contribution in [0.4, 0.5) is 49.9 Å². The minimum atomic E-state index is -0.908. The van der Waals surface area contributed by atoms with Gasteiger partial charge in [0.2, 0.25) is 0 Å². The zero-order valence-corrected chi connectivity index (χ0v) is 39.4. The topological polar surface area (TPSA) is 205 Å². The number of carbonyl (C=O) groups excluding carboxylic acids is 2. The number of anilines is 4. The van der Waals surface area contributed by atoms with Gasteiger partial charge in [-0.2, -0.15) is 0 Å². The lowest BCUT2D eigenvalue weighted by Gasteiger charge is -2.14. The molecule has 0 radical (unpaired) electrons. The quantitative estimate of drug-likeness (QED) is 0.0645. The summed E-state index contributed by atoms with van der Waals surface area (Å²) in [6.07, 6.45) is 6.46. The average Bonchev–Trinajstić information content (AvgIpc) is 3.89. The van der Waals surface area contributed by atoms with Crippen LogP contribution in [0, 0.1) is 23.3 Å². The van der Waals surface area contributed by atoms with Gasteiger partial charge in [0.1, 0.15) is 52.9 Å². The Bertz CT molecular complexity index is 3490. The van der Waals surface area contributed by atoms with Gasteiger partial charge in [-0.1, -0.05) is 28.4 Å². The van der Waals surface area contributed by atoms with Crippen LogP contribution in [0.3, 0.4) is 0 Å². The minimum absolute atomic E-state index is 0.0492. The van der Waals surface area contributed by atoms with E-state index in [9.17, 15) is 32.3 Å². The Balaban J connectivity index is 0.000000199. The molecule has 0 atom stereocenters. The number of methoxy groups -OCH3 is 2. The number of pyridine rings is 2. The molecule has 9 aromatic rings. The van der Waals surface area contributed by atoms with Crippen molar-refractivity contribution in [3.05, 3.63) is 167 Å². The fraction of sp³-hybridized carbons (Fsp3) is 0.0800. The van der Waals surface area contributed by atoms with E-state index in [1.807, 2.05) is 0 Å². The molecule has 0 fully saturated rings. The fourth-order valence-corrected chi connectivity index (χ4v) is 7.22. The average molecular weight is 1040 g/mol. The number of rotatable bonds is 14. The van der Waals surface area contributed by atoms with Crippen LogP contribution >= 0.6 is 23.2 Å². The number of aromatic nitrogens is 5. The van der Waals surface area contributed by atoms with E-state index >= 15 is 0 Å². The van der Waals surface area contributed by atoms with Crippen LogP contribution in [-0.2, 0) is 6.54 Å². The summed E-state index contributed by atoms with van der Waals surface area (Å²) in [5.41, 5.74) is 1.25. The first kappa shape index (κ1) is 50.3. The smallest absolute Gasteiger partial charge is 0.323 e. The van der Waals surface area contributed by atoms with E-state index in [4.69, 9.17) is 46.9 Å². The predicted octanol–water partition coefficient (Wildman–Crippen LogP) is 12.6. The Morgan fingerprint density at radius 1 is 0.575 bits per heavy atom. The number of carbonyl (C=O) groups is 2. The number of fused-ring (bicyclic) bond motifs is 2. The van der Waals surface area contributed by atoms with E-state index in [0.29, 0.717) is 81.6 Å². The van der Waals surface area contributed by atoms with Crippen molar-refractivity contribution in [1.82, 2.24) is 25.0 Å².